The van der Waals surface area contributed by atoms with Gasteiger partial charge in [-0.15, -0.1) is 0 Å². The van der Waals surface area contributed by atoms with E-state index < -0.39 is 0 Å². The van der Waals surface area contributed by atoms with Gasteiger partial charge < -0.3 is 15.5 Å². The zero-order chi connectivity index (χ0) is 15.6. The van der Waals surface area contributed by atoms with E-state index >= 15 is 0 Å². The van der Waals surface area contributed by atoms with Crippen LogP contribution in [0.1, 0.15) is 36.6 Å². The predicted octanol–water partition coefficient (Wildman–Crippen LogP) is 1.90. The molecule has 0 bridgehead atoms. The summed E-state index contributed by atoms with van der Waals surface area (Å²) in [4.78, 5) is 9.47. The van der Waals surface area contributed by atoms with E-state index in [2.05, 4.69) is 23.8 Å². The molecule has 1 aromatic heterocycles. The number of nitrogen functional groups attached to an aromatic ring is 1. The van der Waals surface area contributed by atoms with E-state index in [9.17, 15) is 0 Å². The van der Waals surface area contributed by atoms with Crippen molar-refractivity contribution in [2.75, 3.05) is 31.6 Å². The fourth-order valence-corrected chi connectivity index (χ4v) is 3.23. The van der Waals surface area contributed by atoms with Gasteiger partial charge in [0.2, 0.25) is 0 Å². The second-order valence-electron chi connectivity index (χ2n) is 6.06. The number of nitrogens with zero attached hydrogens (tertiary/aromatic N) is 3. The van der Waals surface area contributed by atoms with E-state index in [-0.39, 0.29) is 5.84 Å². The van der Waals surface area contributed by atoms with Crippen molar-refractivity contribution in [3.63, 3.8) is 0 Å². The van der Waals surface area contributed by atoms with Gasteiger partial charge in [-0.25, -0.2) is 4.98 Å². The topological polar surface area (TPSA) is 69.2 Å². The van der Waals surface area contributed by atoms with Gasteiger partial charge in [-0.2, -0.15) is 0 Å². The zero-order valence-corrected chi connectivity index (χ0v) is 13.6. The summed E-state index contributed by atoms with van der Waals surface area (Å²) >= 11 is 0. The molecule has 5 nitrogen and oxygen atoms in total. The van der Waals surface area contributed by atoms with Crippen LogP contribution in [-0.4, -0.2) is 48.4 Å². The second-order valence-corrected chi connectivity index (χ2v) is 6.06. The Morgan fingerprint density at radius 2 is 2.14 bits per heavy atom. The molecular weight excluding hydrogens is 262 g/mol. The van der Waals surface area contributed by atoms with Gasteiger partial charge >= 0.3 is 0 Å². The Hall–Kier alpha value is -1.62. The van der Waals surface area contributed by atoms with Crippen LogP contribution < -0.4 is 10.6 Å². The van der Waals surface area contributed by atoms with Gasteiger partial charge in [0.1, 0.15) is 11.7 Å². The number of hydrogen-bond acceptors (Lipinski definition) is 4. The summed E-state index contributed by atoms with van der Waals surface area (Å²) in [5, 5.41) is 7.92. The van der Waals surface area contributed by atoms with Crippen LogP contribution in [0.5, 0.6) is 0 Å². The lowest BCUT2D eigenvalue weighted by Crippen LogP contribution is -2.41. The lowest BCUT2D eigenvalue weighted by Gasteiger charge is -2.33. The Bertz CT molecular complexity index is 526. The van der Waals surface area contributed by atoms with E-state index in [0.29, 0.717) is 6.04 Å². The minimum atomic E-state index is 0.113. The van der Waals surface area contributed by atoms with Crippen LogP contribution in [0.2, 0.25) is 0 Å². The maximum atomic E-state index is 7.92. The van der Waals surface area contributed by atoms with Crippen molar-refractivity contribution in [1.82, 2.24) is 9.88 Å². The molecule has 2 rings (SSSR count). The first-order valence-electron chi connectivity index (χ1n) is 7.71. The molecule has 1 unspecified atom stereocenters. The van der Waals surface area contributed by atoms with Gasteiger partial charge in [0.15, 0.2) is 0 Å². The highest BCUT2D eigenvalue weighted by atomic mass is 15.3. The lowest BCUT2D eigenvalue weighted by molar-refractivity contribution is 0.327. The molecule has 0 aromatic carbocycles. The van der Waals surface area contributed by atoms with Crippen molar-refractivity contribution in [1.29, 1.82) is 5.41 Å². The van der Waals surface area contributed by atoms with Crippen LogP contribution in [0.3, 0.4) is 0 Å². The second kappa shape index (κ2) is 6.43. The zero-order valence-electron chi connectivity index (χ0n) is 13.6. The smallest absolute Gasteiger partial charge is 0.140 e. The first-order chi connectivity index (χ1) is 9.93. The molecule has 21 heavy (non-hydrogen) atoms. The minimum absolute atomic E-state index is 0.113. The van der Waals surface area contributed by atoms with Crippen LogP contribution in [0, 0.1) is 19.3 Å². The van der Waals surface area contributed by atoms with Gasteiger partial charge in [-0.1, -0.05) is 6.92 Å². The Balaban J connectivity index is 2.50. The average molecular weight is 289 g/mol. The number of likely N-dealkylation sites (N-methyl/N-ethyl adjacent to an activating group) is 1. The van der Waals surface area contributed by atoms with Gasteiger partial charge in [0.05, 0.1) is 5.56 Å². The summed E-state index contributed by atoms with van der Waals surface area (Å²) < 4.78 is 0. The minimum Gasteiger partial charge on any atom is -0.384 e. The highest BCUT2D eigenvalue weighted by Gasteiger charge is 2.26. The summed E-state index contributed by atoms with van der Waals surface area (Å²) in [6.45, 7) is 9.34. The molecule has 116 valence electrons. The molecule has 1 saturated heterocycles. The van der Waals surface area contributed by atoms with Gasteiger partial charge in [-0.05, 0) is 51.9 Å². The SMILES string of the molecule is CCC1CN(C)CCCN1c1nc(C)cc(C)c1C(=N)N. The molecule has 0 saturated carbocycles. The maximum absolute atomic E-state index is 7.92. The molecule has 2 heterocycles. The molecule has 0 spiro atoms. The van der Waals surface area contributed by atoms with E-state index in [4.69, 9.17) is 16.1 Å². The molecule has 1 fully saturated rings. The number of hydrogen-bond donors (Lipinski definition) is 2. The summed E-state index contributed by atoms with van der Waals surface area (Å²) in [6.07, 6.45) is 2.18. The fraction of sp³-hybridized carbons (Fsp3) is 0.625. The number of anilines is 1. The van der Waals surface area contributed by atoms with Crippen LogP contribution in [0.4, 0.5) is 5.82 Å². The first-order valence-corrected chi connectivity index (χ1v) is 7.71. The van der Waals surface area contributed by atoms with Crippen molar-refractivity contribution in [2.45, 2.75) is 39.7 Å². The fourth-order valence-electron chi connectivity index (χ4n) is 3.23. The largest absolute Gasteiger partial charge is 0.384 e. The highest BCUT2D eigenvalue weighted by molar-refractivity contribution is 6.01. The number of nitrogens with one attached hydrogen (secondary N) is 1. The molecule has 5 heteroatoms. The van der Waals surface area contributed by atoms with Crippen LogP contribution in [0.15, 0.2) is 6.07 Å². The van der Waals surface area contributed by atoms with Gasteiger partial charge in [0, 0.05) is 24.8 Å². The van der Waals surface area contributed by atoms with E-state index in [1.54, 1.807) is 0 Å². The molecule has 0 amide bonds. The number of nitrogens with two attached hydrogens (primary N) is 1. The Kier molecular flexibility index (Phi) is 4.83. The van der Waals surface area contributed by atoms with E-state index in [1.165, 1.54) is 0 Å². The lowest BCUT2D eigenvalue weighted by atomic mass is 10.1. The Morgan fingerprint density at radius 3 is 2.76 bits per heavy atom. The van der Waals surface area contributed by atoms with Crippen molar-refractivity contribution in [3.05, 3.63) is 22.9 Å². The molecule has 0 aliphatic carbocycles. The number of aromatic nitrogens is 1. The molecule has 1 aliphatic rings. The summed E-state index contributed by atoms with van der Waals surface area (Å²) in [5.41, 5.74) is 8.65. The molecule has 1 aromatic rings. The molecular formula is C16H27N5. The molecule has 1 aliphatic heterocycles. The summed E-state index contributed by atoms with van der Waals surface area (Å²) in [7, 11) is 2.17. The third kappa shape index (κ3) is 3.35. The van der Waals surface area contributed by atoms with Crippen molar-refractivity contribution < 1.29 is 0 Å². The third-order valence-corrected chi connectivity index (χ3v) is 4.24. The van der Waals surface area contributed by atoms with Gasteiger partial charge in [0.25, 0.3) is 0 Å². The number of amidine groups is 1. The van der Waals surface area contributed by atoms with Crippen molar-refractivity contribution in [2.24, 2.45) is 5.73 Å². The summed E-state index contributed by atoms with van der Waals surface area (Å²) in [5.74, 6) is 1.00. The van der Waals surface area contributed by atoms with Gasteiger partial charge in [-0.3, -0.25) is 5.41 Å². The average Bonchev–Trinajstić information content (AvgIpc) is 2.58. The maximum Gasteiger partial charge on any atom is 0.140 e. The standard InChI is InChI=1S/C16H27N5/c1-5-13-10-20(4)7-6-8-21(13)16-14(15(17)18)11(2)9-12(3)19-16/h9,13H,5-8,10H2,1-4H3,(H3,17,18). The van der Waals surface area contributed by atoms with E-state index in [1.807, 2.05) is 19.9 Å². The molecule has 1 atom stereocenters. The number of aryl methyl sites for hydroxylation is 2. The van der Waals surface area contributed by atoms with Crippen LogP contribution in [-0.2, 0) is 0 Å². The first kappa shape index (κ1) is 15.8. The number of pyridine rings is 1. The van der Waals surface area contributed by atoms with Crippen molar-refractivity contribution in [3.8, 4) is 0 Å². The Morgan fingerprint density at radius 1 is 1.43 bits per heavy atom. The quantitative estimate of drug-likeness (QED) is 0.659. The highest BCUT2D eigenvalue weighted by Crippen LogP contribution is 2.26. The van der Waals surface area contributed by atoms with Crippen LogP contribution in [0.25, 0.3) is 0 Å². The molecule has 0 radical (unpaired) electrons. The third-order valence-electron chi connectivity index (χ3n) is 4.24. The Labute approximate surface area is 127 Å². The monoisotopic (exact) mass is 289 g/mol. The van der Waals surface area contributed by atoms with Crippen molar-refractivity contribution >= 4 is 11.7 Å². The van der Waals surface area contributed by atoms with E-state index in [0.717, 1.165) is 55.1 Å². The number of rotatable bonds is 3. The molecule has 3 N–H and O–H groups in total. The normalized spacial score (nSPS) is 20.4. The van der Waals surface area contributed by atoms with Crippen LogP contribution >= 0.6 is 0 Å². The summed E-state index contributed by atoms with van der Waals surface area (Å²) in [6, 6.07) is 2.43. The predicted molar refractivity (Wildman–Crippen MR) is 88.3 cm³/mol.